The fourth-order valence-corrected chi connectivity index (χ4v) is 4.48. The van der Waals surface area contributed by atoms with Crippen LogP contribution in [-0.2, 0) is 0 Å². The van der Waals surface area contributed by atoms with Gasteiger partial charge in [0.1, 0.15) is 0 Å². The molecule has 3 aliphatic rings. The minimum absolute atomic E-state index is 0.280. The molecule has 0 amide bonds. The van der Waals surface area contributed by atoms with E-state index in [1.54, 1.807) is 0 Å². The van der Waals surface area contributed by atoms with E-state index in [1.807, 2.05) is 13.8 Å². The molecule has 0 aromatic rings. The normalized spacial score (nSPS) is 59.1. The summed E-state index contributed by atoms with van der Waals surface area (Å²) in [7, 11) is 0. The molecule has 6 unspecified atom stereocenters. The fourth-order valence-electron chi connectivity index (χ4n) is 4.48. The van der Waals surface area contributed by atoms with Crippen molar-refractivity contribution in [1.82, 2.24) is 0 Å². The lowest BCUT2D eigenvalue weighted by atomic mass is 9.80. The van der Waals surface area contributed by atoms with Gasteiger partial charge < -0.3 is 10.2 Å². The molecule has 0 spiro atoms. The maximum atomic E-state index is 10.3. The molecule has 2 bridgehead atoms. The van der Waals surface area contributed by atoms with Gasteiger partial charge in [-0.3, -0.25) is 0 Å². The van der Waals surface area contributed by atoms with E-state index in [9.17, 15) is 10.2 Å². The third-order valence-corrected chi connectivity index (χ3v) is 5.30. The van der Waals surface area contributed by atoms with Crippen LogP contribution < -0.4 is 0 Å². The lowest BCUT2D eigenvalue weighted by molar-refractivity contribution is -0.0204. The molecule has 2 nitrogen and oxygen atoms in total. The van der Waals surface area contributed by atoms with Gasteiger partial charge in [-0.25, -0.2) is 0 Å². The van der Waals surface area contributed by atoms with Crippen LogP contribution in [-0.4, -0.2) is 22.4 Å². The number of aliphatic hydroxyl groups is 2. The molecule has 14 heavy (non-hydrogen) atoms. The molecular weight excluding hydrogens is 176 g/mol. The van der Waals surface area contributed by atoms with Gasteiger partial charge in [0.25, 0.3) is 0 Å². The van der Waals surface area contributed by atoms with Gasteiger partial charge in [0, 0.05) is 5.41 Å². The van der Waals surface area contributed by atoms with E-state index in [2.05, 4.69) is 0 Å². The Morgan fingerprint density at radius 3 is 1.79 bits per heavy atom. The van der Waals surface area contributed by atoms with E-state index < -0.39 is 0 Å². The largest absolute Gasteiger partial charge is 0.392 e. The van der Waals surface area contributed by atoms with Crippen LogP contribution in [0.3, 0.4) is 0 Å². The number of hydrogen-bond acceptors (Lipinski definition) is 2. The third kappa shape index (κ3) is 0.849. The predicted molar refractivity (Wildman–Crippen MR) is 53.6 cm³/mol. The molecule has 0 saturated heterocycles. The molecule has 0 aromatic heterocycles. The van der Waals surface area contributed by atoms with Crippen LogP contribution in [0.2, 0.25) is 0 Å². The Kier molecular flexibility index (Phi) is 1.66. The van der Waals surface area contributed by atoms with Crippen molar-refractivity contribution < 1.29 is 10.2 Å². The highest BCUT2D eigenvalue weighted by molar-refractivity contribution is 5.12. The van der Waals surface area contributed by atoms with Crippen LogP contribution in [0, 0.1) is 29.1 Å². The molecule has 80 valence electrons. The van der Waals surface area contributed by atoms with Crippen molar-refractivity contribution in [2.45, 2.75) is 45.3 Å². The molecule has 0 aromatic carbocycles. The van der Waals surface area contributed by atoms with E-state index in [0.717, 1.165) is 0 Å². The number of aliphatic hydroxyl groups excluding tert-OH is 2. The monoisotopic (exact) mass is 196 g/mol. The summed E-state index contributed by atoms with van der Waals surface area (Å²) in [5, 5.41) is 20.5. The Morgan fingerprint density at radius 1 is 0.929 bits per heavy atom. The second-order valence-electron chi connectivity index (χ2n) is 6.20. The standard InChI is InChI=1S/C12H20O2/c1-12(2)10(13)8-6-3-4-7(5-6)9(8)11(12)14/h6-11,13-14H,3-5H2,1-2H3. The van der Waals surface area contributed by atoms with E-state index in [4.69, 9.17) is 0 Å². The minimum atomic E-state index is -0.281. The van der Waals surface area contributed by atoms with Gasteiger partial charge >= 0.3 is 0 Å². The van der Waals surface area contributed by atoms with Crippen LogP contribution in [0.1, 0.15) is 33.1 Å². The van der Waals surface area contributed by atoms with E-state index >= 15 is 0 Å². The Labute approximate surface area is 85.3 Å². The molecule has 3 rings (SSSR count). The van der Waals surface area contributed by atoms with Crippen molar-refractivity contribution in [3.05, 3.63) is 0 Å². The molecule has 3 aliphatic carbocycles. The molecule has 6 atom stereocenters. The Balaban J connectivity index is 1.98. The zero-order valence-electron chi connectivity index (χ0n) is 8.98. The van der Waals surface area contributed by atoms with Gasteiger partial charge in [0.15, 0.2) is 0 Å². The van der Waals surface area contributed by atoms with Crippen molar-refractivity contribution in [2.24, 2.45) is 29.1 Å². The van der Waals surface area contributed by atoms with Crippen LogP contribution in [0.4, 0.5) is 0 Å². The van der Waals surface area contributed by atoms with Crippen LogP contribution in [0.15, 0.2) is 0 Å². The first-order valence-corrected chi connectivity index (χ1v) is 5.89. The number of fused-ring (bicyclic) bond motifs is 5. The molecule has 2 N–H and O–H groups in total. The van der Waals surface area contributed by atoms with E-state index in [-0.39, 0.29) is 17.6 Å². The average Bonchev–Trinajstić information content (AvgIpc) is 2.76. The molecular formula is C12H20O2. The highest BCUT2D eigenvalue weighted by Crippen LogP contribution is 2.62. The summed E-state index contributed by atoms with van der Waals surface area (Å²) in [4.78, 5) is 0. The summed E-state index contributed by atoms with van der Waals surface area (Å²) in [5.74, 6) is 2.21. The molecule has 2 heteroatoms. The first-order chi connectivity index (χ1) is 6.53. The van der Waals surface area contributed by atoms with Crippen molar-refractivity contribution in [1.29, 1.82) is 0 Å². The zero-order chi connectivity index (χ0) is 10.1. The molecule has 0 aliphatic heterocycles. The fraction of sp³-hybridized carbons (Fsp3) is 1.00. The maximum Gasteiger partial charge on any atom is 0.0650 e. The van der Waals surface area contributed by atoms with E-state index in [1.165, 1.54) is 19.3 Å². The van der Waals surface area contributed by atoms with Crippen molar-refractivity contribution in [2.75, 3.05) is 0 Å². The Bertz CT molecular complexity index is 237. The summed E-state index contributed by atoms with van der Waals surface area (Å²) in [5.41, 5.74) is -0.281. The van der Waals surface area contributed by atoms with Crippen LogP contribution in [0.25, 0.3) is 0 Å². The van der Waals surface area contributed by atoms with Crippen molar-refractivity contribution in [3.8, 4) is 0 Å². The summed E-state index contributed by atoms with van der Waals surface area (Å²) in [6.45, 7) is 4.03. The SMILES string of the molecule is CC1(C)C(O)C2C3CCC(C3)C2C1O. The minimum Gasteiger partial charge on any atom is -0.392 e. The summed E-state index contributed by atoms with van der Waals surface area (Å²) < 4.78 is 0. The van der Waals surface area contributed by atoms with Crippen LogP contribution >= 0.6 is 0 Å². The lowest BCUT2D eigenvalue weighted by Gasteiger charge is -2.29. The quantitative estimate of drug-likeness (QED) is 0.615. The van der Waals surface area contributed by atoms with Gasteiger partial charge in [-0.2, -0.15) is 0 Å². The molecule has 3 fully saturated rings. The predicted octanol–water partition coefficient (Wildman–Crippen LogP) is 1.41. The van der Waals surface area contributed by atoms with Gasteiger partial charge in [-0.05, 0) is 42.9 Å². The van der Waals surface area contributed by atoms with Gasteiger partial charge in [-0.15, -0.1) is 0 Å². The van der Waals surface area contributed by atoms with E-state index in [0.29, 0.717) is 23.7 Å². The third-order valence-electron chi connectivity index (χ3n) is 5.30. The Morgan fingerprint density at radius 2 is 1.36 bits per heavy atom. The summed E-state index contributed by atoms with van der Waals surface area (Å²) in [6.07, 6.45) is 3.27. The van der Waals surface area contributed by atoms with Gasteiger partial charge in [0.2, 0.25) is 0 Å². The zero-order valence-corrected chi connectivity index (χ0v) is 8.98. The number of rotatable bonds is 0. The average molecular weight is 196 g/mol. The summed E-state index contributed by atoms with van der Waals surface area (Å²) in [6, 6.07) is 0. The highest BCUT2D eigenvalue weighted by Gasteiger charge is 2.63. The van der Waals surface area contributed by atoms with Gasteiger partial charge in [-0.1, -0.05) is 13.8 Å². The number of hydrogen-bond donors (Lipinski definition) is 2. The second kappa shape index (κ2) is 2.53. The second-order valence-corrected chi connectivity index (χ2v) is 6.20. The summed E-state index contributed by atoms with van der Waals surface area (Å²) >= 11 is 0. The maximum absolute atomic E-state index is 10.3. The van der Waals surface area contributed by atoms with Crippen molar-refractivity contribution >= 4 is 0 Å². The molecule has 3 saturated carbocycles. The van der Waals surface area contributed by atoms with Crippen molar-refractivity contribution in [3.63, 3.8) is 0 Å². The molecule has 0 radical (unpaired) electrons. The van der Waals surface area contributed by atoms with Gasteiger partial charge in [0.05, 0.1) is 12.2 Å². The first kappa shape index (κ1) is 9.17. The first-order valence-electron chi connectivity index (χ1n) is 5.89. The molecule has 0 heterocycles. The smallest absolute Gasteiger partial charge is 0.0650 e. The lowest BCUT2D eigenvalue weighted by Crippen LogP contribution is -2.36. The Hall–Kier alpha value is -0.0800. The topological polar surface area (TPSA) is 40.5 Å². The highest BCUT2D eigenvalue weighted by atomic mass is 16.3. The van der Waals surface area contributed by atoms with Crippen LogP contribution in [0.5, 0.6) is 0 Å².